The van der Waals surface area contributed by atoms with Crippen LogP contribution in [0.4, 0.5) is 0 Å². The van der Waals surface area contributed by atoms with Crippen LogP contribution >= 0.6 is 12.4 Å². The highest BCUT2D eigenvalue weighted by atomic mass is 35.5. The van der Waals surface area contributed by atoms with Crippen LogP contribution in [0.15, 0.2) is 60.7 Å². The molecule has 4 nitrogen and oxygen atoms in total. The Balaban J connectivity index is 0.00000272. The van der Waals surface area contributed by atoms with Gasteiger partial charge in [-0.15, -0.1) is 12.4 Å². The van der Waals surface area contributed by atoms with Gasteiger partial charge in [-0.05, 0) is 56.1 Å². The minimum Gasteiger partial charge on any atom is -0.466 e. The maximum atomic E-state index is 11.2. The van der Waals surface area contributed by atoms with Crippen molar-refractivity contribution < 1.29 is 9.53 Å². The van der Waals surface area contributed by atoms with Gasteiger partial charge in [0.15, 0.2) is 0 Å². The zero-order chi connectivity index (χ0) is 21.1. The van der Waals surface area contributed by atoms with E-state index in [0.717, 1.165) is 24.8 Å². The summed E-state index contributed by atoms with van der Waals surface area (Å²) in [6, 6.07) is 19.2. The first-order valence-corrected chi connectivity index (χ1v) is 10.7. The molecule has 4 rings (SSSR count). The molecule has 0 saturated heterocycles. The molecule has 164 valence electrons. The number of nitrogens with one attached hydrogen (secondary N) is 1. The number of esters is 1. The molecule has 0 saturated carbocycles. The Morgan fingerprint density at radius 2 is 1.81 bits per heavy atom. The van der Waals surface area contributed by atoms with Gasteiger partial charge in [-0.3, -0.25) is 9.69 Å². The van der Waals surface area contributed by atoms with E-state index in [4.69, 9.17) is 4.74 Å². The molecule has 31 heavy (non-hydrogen) atoms. The van der Waals surface area contributed by atoms with E-state index in [1.807, 2.05) is 0 Å². The Morgan fingerprint density at radius 3 is 2.45 bits per heavy atom. The Hall–Kier alpha value is -2.56. The van der Waals surface area contributed by atoms with Gasteiger partial charge in [-0.1, -0.05) is 54.6 Å². The summed E-state index contributed by atoms with van der Waals surface area (Å²) in [5.74, 6) is -0.230. The van der Waals surface area contributed by atoms with Gasteiger partial charge >= 0.3 is 5.97 Å². The van der Waals surface area contributed by atoms with Crippen LogP contribution in [0.3, 0.4) is 0 Å². The lowest BCUT2D eigenvalue weighted by Crippen LogP contribution is -2.42. The standard InChI is InChI=1S/C26H30N2O2.ClH/c1-19(29)30-18-15-23-22-11-7-8-12-24(22)27-25(23)20-13-16-26(17-14-20,28(2)3)21-9-5-4-6-10-21;/h4-13,27H,14-18H2,1-3H3;1H. The van der Waals surface area contributed by atoms with E-state index in [2.05, 4.69) is 84.7 Å². The molecular weight excluding hydrogens is 408 g/mol. The van der Waals surface area contributed by atoms with Gasteiger partial charge in [0.05, 0.1) is 6.61 Å². The van der Waals surface area contributed by atoms with Gasteiger partial charge in [0.25, 0.3) is 0 Å². The van der Waals surface area contributed by atoms with Crippen molar-refractivity contribution in [1.82, 2.24) is 9.88 Å². The summed E-state index contributed by atoms with van der Waals surface area (Å²) in [6.45, 7) is 1.87. The van der Waals surface area contributed by atoms with Crippen LogP contribution < -0.4 is 0 Å². The predicted molar refractivity (Wildman–Crippen MR) is 130 cm³/mol. The molecule has 3 aromatic rings. The number of allylic oxidation sites excluding steroid dienone is 1. The largest absolute Gasteiger partial charge is 0.466 e. The normalized spacial score (nSPS) is 18.5. The summed E-state index contributed by atoms with van der Waals surface area (Å²) in [6.07, 6.45) is 6.15. The molecule has 0 radical (unpaired) electrons. The molecule has 0 bridgehead atoms. The molecule has 1 N–H and O–H groups in total. The lowest BCUT2D eigenvalue weighted by atomic mass is 9.75. The lowest BCUT2D eigenvalue weighted by Gasteiger charge is -2.43. The van der Waals surface area contributed by atoms with Crippen molar-refractivity contribution >= 4 is 34.9 Å². The number of ether oxygens (including phenoxy) is 1. The molecule has 1 aromatic heterocycles. The summed E-state index contributed by atoms with van der Waals surface area (Å²) >= 11 is 0. The number of hydrogen-bond donors (Lipinski definition) is 1. The van der Waals surface area contributed by atoms with Gasteiger partial charge < -0.3 is 9.72 Å². The minimum absolute atomic E-state index is 0. The summed E-state index contributed by atoms with van der Waals surface area (Å²) < 4.78 is 5.25. The molecule has 1 atom stereocenters. The number of benzene rings is 2. The second-order valence-electron chi connectivity index (χ2n) is 8.34. The highest BCUT2D eigenvalue weighted by molar-refractivity contribution is 5.89. The summed E-state index contributed by atoms with van der Waals surface area (Å²) in [7, 11) is 4.36. The predicted octanol–water partition coefficient (Wildman–Crippen LogP) is 5.72. The number of carbonyl (C=O) groups is 1. The number of hydrogen-bond acceptors (Lipinski definition) is 3. The lowest BCUT2D eigenvalue weighted by molar-refractivity contribution is -0.140. The molecule has 0 spiro atoms. The zero-order valence-corrected chi connectivity index (χ0v) is 19.3. The van der Waals surface area contributed by atoms with Crippen molar-refractivity contribution in [3.05, 3.63) is 77.5 Å². The molecule has 0 aliphatic heterocycles. The van der Waals surface area contributed by atoms with Crippen molar-refractivity contribution in [3.63, 3.8) is 0 Å². The number of fused-ring (bicyclic) bond motifs is 1. The molecule has 1 heterocycles. The van der Waals surface area contributed by atoms with E-state index in [1.54, 1.807) is 0 Å². The van der Waals surface area contributed by atoms with Crippen LogP contribution in [0, 0.1) is 0 Å². The Morgan fingerprint density at radius 1 is 1.10 bits per heavy atom. The summed E-state index contributed by atoms with van der Waals surface area (Å²) in [5.41, 5.74) is 6.33. The van der Waals surface area contributed by atoms with Gasteiger partial charge in [0.2, 0.25) is 0 Å². The number of aromatic amines is 1. The summed E-state index contributed by atoms with van der Waals surface area (Å²) in [5, 5.41) is 1.22. The number of H-pyrrole nitrogens is 1. The highest BCUT2D eigenvalue weighted by Gasteiger charge is 2.36. The Kier molecular flexibility index (Phi) is 7.24. The SMILES string of the molecule is CC(=O)OCCc1c(C2=CCC(c3ccccc3)(N(C)C)CC2)[nH]c2ccccc12.Cl. The van der Waals surface area contributed by atoms with E-state index in [9.17, 15) is 4.79 Å². The number of para-hydroxylation sites is 1. The average Bonchev–Trinajstić information content (AvgIpc) is 3.13. The van der Waals surface area contributed by atoms with Crippen LogP contribution in [0.5, 0.6) is 0 Å². The van der Waals surface area contributed by atoms with Crippen LogP contribution in [0.2, 0.25) is 0 Å². The first-order chi connectivity index (χ1) is 14.5. The third-order valence-corrected chi connectivity index (χ3v) is 6.45. The van der Waals surface area contributed by atoms with E-state index in [-0.39, 0.29) is 23.9 Å². The van der Waals surface area contributed by atoms with Crippen LogP contribution in [0.1, 0.15) is 43.0 Å². The van der Waals surface area contributed by atoms with Crippen molar-refractivity contribution in [1.29, 1.82) is 0 Å². The second-order valence-corrected chi connectivity index (χ2v) is 8.34. The van der Waals surface area contributed by atoms with Crippen molar-refractivity contribution in [3.8, 4) is 0 Å². The highest BCUT2D eigenvalue weighted by Crippen LogP contribution is 2.43. The second kappa shape index (κ2) is 9.71. The fourth-order valence-corrected chi connectivity index (χ4v) is 4.77. The number of carbonyl (C=O) groups excluding carboxylic acids is 1. The average molecular weight is 439 g/mol. The van der Waals surface area contributed by atoms with Crippen LogP contribution in [-0.4, -0.2) is 36.6 Å². The Labute approximate surface area is 190 Å². The van der Waals surface area contributed by atoms with Crippen LogP contribution in [0.25, 0.3) is 16.5 Å². The fraction of sp³-hybridized carbons (Fsp3) is 0.346. The number of nitrogens with zero attached hydrogens (tertiary/aromatic N) is 1. The number of aromatic nitrogens is 1. The van der Waals surface area contributed by atoms with Crippen molar-refractivity contribution in [2.45, 2.75) is 38.1 Å². The van der Waals surface area contributed by atoms with E-state index in [0.29, 0.717) is 13.0 Å². The molecule has 1 aliphatic carbocycles. The topological polar surface area (TPSA) is 45.3 Å². The van der Waals surface area contributed by atoms with Gasteiger partial charge in [-0.25, -0.2) is 0 Å². The van der Waals surface area contributed by atoms with E-state index in [1.165, 1.54) is 34.7 Å². The van der Waals surface area contributed by atoms with E-state index < -0.39 is 0 Å². The van der Waals surface area contributed by atoms with Gasteiger partial charge in [-0.2, -0.15) is 0 Å². The van der Waals surface area contributed by atoms with Crippen LogP contribution in [-0.2, 0) is 21.5 Å². The zero-order valence-electron chi connectivity index (χ0n) is 18.5. The quantitative estimate of drug-likeness (QED) is 0.500. The first-order valence-electron chi connectivity index (χ1n) is 10.7. The monoisotopic (exact) mass is 438 g/mol. The van der Waals surface area contributed by atoms with Crippen molar-refractivity contribution in [2.75, 3.05) is 20.7 Å². The summed E-state index contributed by atoms with van der Waals surface area (Å²) in [4.78, 5) is 17.3. The molecular formula is C26H31ClN2O2. The Bertz CT molecular complexity index is 1070. The molecule has 5 heteroatoms. The van der Waals surface area contributed by atoms with E-state index >= 15 is 0 Å². The number of halogens is 1. The third-order valence-electron chi connectivity index (χ3n) is 6.45. The first kappa shape index (κ1) is 23.1. The molecule has 1 aliphatic rings. The van der Waals surface area contributed by atoms with Crippen molar-refractivity contribution in [2.24, 2.45) is 0 Å². The molecule has 2 aromatic carbocycles. The molecule has 1 unspecified atom stereocenters. The smallest absolute Gasteiger partial charge is 0.302 e. The molecule has 0 amide bonds. The van der Waals surface area contributed by atoms with Gasteiger partial charge in [0, 0.05) is 35.5 Å². The maximum absolute atomic E-state index is 11.2. The fourth-order valence-electron chi connectivity index (χ4n) is 4.77. The third kappa shape index (κ3) is 4.56. The number of rotatable bonds is 6. The molecule has 0 fully saturated rings. The maximum Gasteiger partial charge on any atom is 0.302 e. The van der Waals surface area contributed by atoms with Gasteiger partial charge in [0.1, 0.15) is 0 Å². The minimum atomic E-state index is -0.230.